The van der Waals surface area contributed by atoms with Gasteiger partial charge in [0, 0.05) is 18.5 Å². The van der Waals surface area contributed by atoms with E-state index in [1.807, 2.05) is 6.07 Å². The van der Waals surface area contributed by atoms with Gasteiger partial charge in [0.25, 0.3) is 0 Å². The first-order valence-corrected chi connectivity index (χ1v) is 4.67. The average molecular weight is 182 g/mol. The standard InChI is InChI=1S/C9H14N2O2/c12-6-9-5-8(11-13-9)4-7-2-1-3-10-7/h5,7,10,12H,1-4,6H2. The topological polar surface area (TPSA) is 58.3 Å². The van der Waals surface area contributed by atoms with Crippen molar-refractivity contribution in [2.45, 2.75) is 31.9 Å². The van der Waals surface area contributed by atoms with Crippen molar-refractivity contribution in [1.82, 2.24) is 10.5 Å². The van der Waals surface area contributed by atoms with Crippen molar-refractivity contribution in [2.75, 3.05) is 6.54 Å². The zero-order valence-electron chi connectivity index (χ0n) is 7.49. The van der Waals surface area contributed by atoms with Gasteiger partial charge in [0.15, 0.2) is 5.76 Å². The van der Waals surface area contributed by atoms with Crippen LogP contribution in [0.1, 0.15) is 24.3 Å². The molecule has 1 aromatic rings. The molecular formula is C9H14N2O2. The molecule has 0 aromatic carbocycles. The molecule has 1 fully saturated rings. The van der Waals surface area contributed by atoms with Crippen LogP contribution in [0.4, 0.5) is 0 Å². The fourth-order valence-corrected chi connectivity index (χ4v) is 1.71. The highest BCUT2D eigenvalue weighted by molar-refractivity contribution is 5.06. The molecule has 1 aliphatic heterocycles. The number of aromatic nitrogens is 1. The van der Waals surface area contributed by atoms with Crippen molar-refractivity contribution in [3.8, 4) is 0 Å². The van der Waals surface area contributed by atoms with Crippen molar-refractivity contribution in [2.24, 2.45) is 0 Å². The van der Waals surface area contributed by atoms with Crippen molar-refractivity contribution < 1.29 is 9.63 Å². The van der Waals surface area contributed by atoms with Crippen LogP contribution in [0.25, 0.3) is 0 Å². The van der Waals surface area contributed by atoms with Crippen molar-refractivity contribution >= 4 is 0 Å². The van der Waals surface area contributed by atoms with Crippen LogP contribution in [0, 0.1) is 0 Å². The van der Waals surface area contributed by atoms with Crippen LogP contribution in [0.5, 0.6) is 0 Å². The van der Waals surface area contributed by atoms with E-state index in [9.17, 15) is 0 Å². The Morgan fingerprint density at radius 1 is 1.69 bits per heavy atom. The van der Waals surface area contributed by atoms with E-state index in [1.54, 1.807) is 0 Å². The Bertz CT molecular complexity index is 266. The molecule has 0 aliphatic carbocycles. The molecule has 1 atom stereocenters. The van der Waals surface area contributed by atoms with Gasteiger partial charge in [0.1, 0.15) is 6.61 Å². The summed E-state index contributed by atoms with van der Waals surface area (Å²) in [5, 5.41) is 16.0. The molecule has 1 unspecified atom stereocenters. The predicted octanol–water partition coefficient (Wildman–Crippen LogP) is 0.461. The van der Waals surface area contributed by atoms with E-state index in [1.165, 1.54) is 12.8 Å². The number of rotatable bonds is 3. The minimum absolute atomic E-state index is 0.0644. The van der Waals surface area contributed by atoms with E-state index >= 15 is 0 Å². The van der Waals surface area contributed by atoms with Gasteiger partial charge < -0.3 is 14.9 Å². The van der Waals surface area contributed by atoms with Crippen LogP contribution >= 0.6 is 0 Å². The molecule has 1 aliphatic rings. The Kier molecular flexibility index (Phi) is 2.61. The van der Waals surface area contributed by atoms with E-state index in [2.05, 4.69) is 10.5 Å². The first kappa shape index (κ1) is 8.72. The number of hydrogen-bond acceptors (Lipinski definition) is 4. The third-order valence-corrected chi connectivity index (χ3v) is 2.38. The monoisotopic (exact) mass is 182 g/mol. The summed E-state index contributed by atoms with van der Waals surface area (Å²) in [6.45, 7) is 1.04. The molecule has 72 valence electrons. The van der Waals surface area contributed by atoms with Gasteiger partial charge in [-0.1, -0.05) is 5.16 Å². The molecule has 1 saturated heterocycles. The lowest BCUT2D eigenvalue weighted by atomic mass is 10.1. The van der Waals surface area contributed by atoms with Crippen LogP contribution in [0.2, 0.25) is 0 Å². The molecule has 2 N–H and O–H groups in total. The molecule has 2 rings (SSSR count). The highest BCUT2D eigenvalue weighted by Gasteiger charge is 2.16. The maximum atomic E-state index is 8.76. The Hall–Kier alpha value is -0.870. The quantitative estimate of drug-likeness (QED) is 0.713. The number of aliphatic hydroxyl groups excluding tert-OH is 1. The second-order valence-corrected chi connectivity index (χ2v) is 3.44. The number of hydrogen-bond donors (Lipinski definition) is 2. The van der Waals surface area contributed by atoms with E-state index in [4.69, 9.17) is 9.63 Å². The zero-order valence-corrected chi connectivity index (χ0v) is 7.49. The molecule has 13 heavy (non-hydrogen) atoms. The fraction of sp³-hybridized carbons (Fsp3) is 0.667. The zero-order chi connectivity index (χ0) is 9.10. The Labute approximate surface area is 76.9 Å². The number of nitrogens with one attached hydrogen (secondary N) is 1. The normalized spacial score (nSPS) is 22.4. The fourth-order valence-electron chi connectivity index (χ4n) is 1.71. The Balaban J connectivity index is 1.92. The van der Waals surface area contributed by atoms with Crippen molar-refractivity contribution in [3.63, 3.8) is 0 Å². The number of nitrogens with zero attached hydrogens (tertiary/aromatic N) is 1. The maximum absolute atomic E-state index is 8.76. The predicted molar refractivity (Wildman–Crippen MR) is 47.2 cm³/mol. The number of aliphatic hydroxyl groups is 1. The lowest BCUT2D eigenvalue weighted by Crippen LogP contribution is -2.23. The average Bonchev–Trinajstić information content (AvgIpc) is 2.76. The summed E-state index contributed by atoms with van der Waals surface area (Å²) in [6.07, 6.45) is 3.36. The lowest BCUT2D eigenvalue weighted by Gasteiger charge is -2.05. The molecule has 0 spiro atoms. The summed E-state index contributed by atoms with van der Waals surface area (Å²) < 4.78 is 4.90. The Morgan fingerprint density at radius 3 is 3.23 bits per heavy atom. The molecule has 0 radical (unpaired) electrons. The van der Waals surface area contributed by atoms with Crippen LogP contribution in [0.3, 0.4) is 0 Å². The van der Waals surface area contributed by atoms with E-state index in [0.29, 0.717) is 11.8 Å². The molecule has 1 aromatic heterocycles. The second-order valence-electron chi connectivity index (χ2n) is 3.44. The van der Waals surface area contributed by atoms with Gasteiger partial charge in [0.05, 0.1) is 5.69 Å². The minimum atomic E-state index is -0.0644. The third kappa shape index (κ3) is 2.08. The van der Waals surface area contributed by atoms with Gasteiger partial charge >= 0.3 is 0 Å². The van der Waals surface area contributed by atoms with Crippen LogP contribution < -0.4 is 5.32 Å². The molecule has 0 saturated carbocycles. The minimum Gasteiger partial charge on any atom is -0.388 e. The van der Waals surface area contributed by atoms with Gasteiger partial charge in [-0.05, 0) is 19.4 Å². The molecule has 0 amide bonds. The highest BCUT2D eigenvalue weighted by atomic mass is 16.5. The smallest absolute Gasteiger partial charge is 0.162 e. The summed E-state index contributed by atoms with van der Waals surface area (Å²) in [4.78, 5) is 0. The Morgan fingerprint density at radius 2 is 2.62 bits per heavy atom. The third-order valence-electron chi connectivity index (χ3n) is 2.38. The molecule has 0 bridgehead atoms. The van der Waals surface area contributed by atoms with Gasteiger partial charge in [0.2, 0.25) is 0 Å². The first-order chi connectivity index (χ1) is 6.38. The van der Waals surface area contributed by atoms with E-state index < -0.39 is 0 Å². The van der Waals surface area contributed by atoms with Crippen molar-refractivity contribution in [1.29, 1.82) is 0 Å². The largest absolute Gasteiger partial charge is 0.388 e. The SMILES string of the molecule is OCc1cc(CC2CCCN2)no1. The summed E-state index contributed by atoms with van der Waals surface area (Å²) in [6, 6.07) is 2.36. The summed E-state index contributed by atoms with van der Waals surface area (Å²) in [5.74, 6) is 0.549. The molecule has 2 heterocycles. The molecule has 4 nitrogen and oxygen atoms in total. The van der Waals surface area contributed by atoms with Crippen molar-refractivity contribution in [3.05, 3.63) is 17.5 Å². The van der Waals surface area contributed by atoms with Crippen LogP contribution in [-0.4, -0.2) is 22.8 Å². The van der Waals surface area contributed by atoms with E-state index in [0.717, 1.165) is 18.7 Å². The summed E-state index contributed by atoms with van der Waals surface area (Å²) in [7, 11) is 0. The molecule has 4 heteroatoms. The van der Waals surface area contributed by atoms with Crippen LogP contribution in [-0.2, 0) is 13.0 Å². The molecular weight excluding hydrogens is 168 g/mol. The highest BCUT2D eigenvalue weighted by Crippen LogP contribution is 2.12. The van der Waals surface area contributed by atoms with Crippen LogP contribution in [0.15, 0.2) is 10.6 Å². The van der Waals surface area contributed by atoms with Gasteiger partial charge in [-0.3, -0.25) is 0 Å². The lowest BCUT2D eigenvalue weighted by molar-refractivity contribution is 0.228. The van der Waals surface area contributed by atoms with Gasteiger partial charge in [-0.15, -0.1) is 0 Å². The first-order valence-electron chi connectivity index (χ1n) is 4.67. The van der Waals surface area contributed by atoms with Gasteiger partial charge in [-0.2, -0.15) is 0 Å². The van der Waals surface area contributed by atoms with E-state index in [-0.39, 0.29) is 6.61 Å². The maximum Gasteiger partial charge on any atom is 0.162 e. The summed E-state index contributed by atoms with van der Waals surface area (Å²) in [5.41, 5.74) is 0.934. The van der Waals surface area contributed by atoms with Gasteiger partial charge in [-0.25, -0.2) is 0 Å². The summed E-state index contributed by atoms with van der Waals surface area (Å²) >= 11 is 0. The second kappa shape index (κ2) is 3.89.